The molecular weight excluding hydrogens is 298 g/mol. The fourth-order valence-corrected chi connectivity index (χ4v) is 3.83. The van der Waals surface area contributed by atoms with Gasteiger partial charge in [-0.1, -0.05) is 12.8 Å². The van der Waals surface area contributed by atoms with Crippen LogP contribution in [0, 0.1) is 13.8 Å². The number of thiazole rings is 1. The van der Waals surface area contributed by atoms with E-state index in [9.17, 15) is 4.79 Å². The Morgan fingerprint density at radius 2 is 1.95 bits per heavy atom. The number of anilines is 1. The van der Waals surface area contributed by atoms with Crippen molar-refractivity contribution in [3.63, 3.8) is 0 Å². The van der Waals surface area contributed by atoms with Gasteiger partial charge in [-0.25, -0.2) is 14.6 Å². The molecule has 3 rings (SSSR count). The summed E-state index contributed by atoms with van der Waals surface area (Å²) in [7, 11) is 0. The summed E-state index contributed by atoms with van der Waals surface area (Å²) in [6, 6.07) is 0. The lowest BCUT2D eigenvalue weighted by molar-refractivity contribution is -0.116. The molecule has 7 heteroatoms. The molecule has 0 spiro atoms. The second-order valence-corrected chi connectivity index (χ2v) is 6.80. The van der Waals surface area contributed by atoms with Gasteiger partial charge in [0.2, 0.25) is 5.91 Å². The molecule has 0 unspecified atom stereocenters. The lowest BCUT2D eigenvalue weighted by atomic mass is 10.0. The normalized spacial score (nSPS) is 15.0. The van der Waals surface area contributed by atoms with E-state index in [-0.39, 0.29) is 12.5 Å². The molecule has 0 fully saturated rings. The molecule has 0 radical (unpaired) electrons. The first-order valence-corrected chi connectivity index (χ1v) is 8.60. The van der Waals surface area contributed by atoms with Crippen LogP contribution in [0.5, 0.6) is 0 Å². The Hall–Kier alpha value is -1.76. The van der Waals surface area contributed by atoms with E-state index < -0.39 is 0 Å². The average Bonchev–Trinajstić information content (AvgIpc) is 2.93. The van der Waals surface area contributed by atoms with Crippen LogP contribution in [0.15, 0.2) is 0 Å². The summed E-state index contributed by atoms with van der Waals surface area (Å²) >= 11 is 1.62. The van der Waals surface area contributed by atoms with Gasteiger partial charge >= 0.3 is 0 Å². The van der Waals surface area contributed by atoms with Crippen molar-refractivity contribution in [1.29, 1.82) is 0 Å². The number of aromatic nitrogens is 4. The van der Waals surface area contributed by atoms with Gasteiger partial charge < -0.3 is 5.32 Å². The molecule has 2 aromatic heterocycles. The highest BCUT2D eigenvalue weighted by atomic mass is 32.1. The quantitative estimate of drug-likeness (QED) is 0.944. The van der Waals surface area contributed by atoms with E-state index >= 15 is 0 Å². The van der Waals surface area contributed by atoms with Gasteiger partial charge in [-0.15, -0.1) is 11.3 Å². The van der Waals surface area contributed by atoms with Gasteiger partial charge in [0, 0.05) is 4.88 Å². The first-order valence-electron chi connectivity index (χ1n) is 7.78. The molecule has 0 atom stereocenters. The number of hydrogen-bond acceptors (Lipinski definition) is 5. The molecule has 2 heterocycles. The fourth-order valence-electron chi connectivity index (χ4n) is 2.76. The monoisotopic (exact) mass is 319 g/mol. The van der Waals surface area contributed by atoms with Crippen molar-refractivity contribution < 1.29 is 4.79 Å². The topological polar surface area (TPSA) is 72.7 Å². The Morgan fingerprint density at radius 1 is 1.18 bits per heavy atom. The summed E-state index contributed by atoms with van der Waals surface area (Å²) in [5.41, 5.74) is 1.17. The zero-order valence-electron chi connectivity index (χ0n) is 13.1. The SMILES string of the molecule is Cc1nc(C)n(CC(=O)Nc2nc3c(s2)CCCCCC3)n1. The molecule has 0 aliphatic heterocycles. The molecule has 0 saturated carbocycles. The number of nitrogens with one attached hydrogen (secondary N) is 1. The highest BCUT2D eigenvalue weighted by Gasteiger charge is 2.15. The van der Waals surface area contributed by atoms with Crippen LogP contribution in [0.2, 0.25) is 0 Å². The van der Waals surface area contributed by atoms with Crippen LogP contribution in [0.4, 0.5) is 5.13 Å². The second kappa shape index (κ2) is 6.56. The standard InChI is InChI=1S/C15H21N5OS/c1-10-16-11(2)20(19-10)9-14(21)18-15-17-12-7-5-3-4-6-8-13(12)22-15/h3-9H2,1-2H3,(H,17,18,21). The maximum absolute atomic E-state index is 12.2. The van der Waals surface area contributed by atoms with Gasteiger partial charge in [-0.3, -0.25) is 4.79 Å². The van der Waals surface area contributed by atoms with Crippen molar-refractivity contribution in [1.82, 2.24) is 19.7 Å². The molecule has 2 aromatic rings. The summed E-state index contributed by atoms with van der Waals surface area (Å²) in [6.45, 7) is 3.85. The van der Waals surface area contributed by atoms with Crippen molar-refractivity contribution in [3.05, 3.63) is 22.2 Å². The third-order valence-electron chi connectivity index (χ3n) is 3.85. The fraction of sp³-hybridized carbons (Fsp3) is 0.600. The molecule has 0 saturated heterocycles. The number of fused-ring (bicyclic) bond motifs is 1. The Balaban J connectivity index is 1.66. The summed E-state index contributed by atoms with van der Waals surface area (Å²) < 4.78 is 1.62. The molecule has 1 aliphatic rings. The van der Waals surface area contributed by atoms with Gasteiger partial charge in [-0.2, -0.15) is 5.10 Å². The van der Waals surface area contributed by atoms with Crippen LogP contribution in [0.3, 0.4) is 0 Å². The van der Waals surface area contributed by atoms with Gasteiger partial charge in [0.1, 0.15) is 18.2 Å². The lowest BCUT2D eigenvalue weighted by Gasteiger charge is -2.06. The minimum atomic E-state index is -0.102. The molecule has 1 N–H and O–H groups in total. The first kappa shape index (κ1) is 15.1. The van der Waals surface area contributed by atoms with E-state index in [2.05, 4.69) is 20.4 Å². The van der Waals surface area contributed by atoms with Crippen LogP contribution in [-0.4, -0.2) is 25.7 Å². The van der Waals surface area contributed by atoms with Crippen LogP contribution in [0.25, 0.3) is 0 Å². The highest BCUT2D eigenvalue weighted by Crippen LogP contribution is 2.28. The van der Waals surface area contributed by atoms with Gasteiger partial charge in [0.25, 0.3) is 0 Å². The Labute approximate surface area is 134 Å². The molecule has 1 amide bonds. The number of amides is 1. The number of carbonyl (C=O) groups is 1. The Bertz CT molecular complexity index is 650. The minimum absolute atomic E-state index is 0.102. The van der Waals surface area contributed by atoms with Crippen molar-refractivity contribution >= 4 is 22.4 Å². The van der Waals surface area contributed by atoms with Gasteiger partial charge in [-0.05, 0) is 39.5 Å². The number of carbonyl (C=O) groups excluding carboxylic acids is 1. The maximum atomic E-state index is 12.2. The van der Waals surface area contributed by atoms with E-state index in [0.717, 1.165) is 18.7 Å². The number of hydrogen-bond donors (Lipinski definition) is 1. The third kappa shape index (κ3) is 3.52. The van der Waals surface area contributed by atoms with E-state index in [1.807, 2.05) is 13.8 Å². The zero-order valence-corrected chi connectivity index (χ0v) is 13.9. The van der Waals surface area contributed by atoms with Gasteiger partial charge in [0.05, 0.1) is 5.69 Å². The average molecular weight is 319 g/mol. The number of nitrogens with zero attached hydrogens (tertiary/aromatic N) is 4. The van der Waals surface area contributed by atoms with Crippen LogP contribution < -0.4 is 5.32 Å². The molecular formula is C15H21N5OS. The predicted molar refractivity (Wildman–Crippen MR) is 86.1 cm³/mol. The van der Waals surface area contributed by atoms with Crippen molar-refractivity contribution in [2.24, 2.45) is 0 Å². The van der Waals surface area contributed by atoms with Crippen molar-refractivity contribution in [3.8, 4) is 0 Å². The smallest absolute Gasteiger partial charge is 0.247 e. The molecule has 0 aromatic carbocycles. The summed E-state index contributed by atoms with van der Waals surface area (Å²) in [6.07, 6.45) is 7.11. The third-order valence-corrected chi connectivity index (χ3v) is 4.92. The Kier molecular flexibility index (Phi) is 4.52. The predicted octanol–water partition coefficient (Wildman–Crippen LogP) is 2.65. The van der Waals surface area contributed by atoms with Crippen LogP contribution in [0.1, 0.15) is 47.9 Å². The van der Waals surface area contributed by atoms with Gasteiger partial charge in [0.15, 0.2) is 5.13 Å². The van der Waals surface area contributed by atoms with Crippen LogP contribution in [-0.2, 0) is 24.2 Å². The maximum Gasteiger partial charge on any atom is 0.247 e. The van der Waals surface area contributed by atoms with E-state index in [0.29, 0.717) is 11.0 Å². The van der Waals surface area contributed by atoms with Crippen LogP contribution >= 0.6 is 11.3 Å². The van der Waals surface area contributed by atoms with E-state index in [1.165, 1.54) is 36.3 Å². The minimum Gasteiger partial charge on any atom is -0.300 e. The van der Waals surface area contributed by atoms with E-state index in [1.54, 1.807) is 16.0 Å². The molecule has 118 valence electrons. The molecule has 6 nitrogen and oxygen atoms in total. The summed E-state index contributed by atoms with van der Waals surface area (Å²) in [5.74, 6) is 1.33. The molecule has 22 heavy (non-hydrogen) atoms. The Morgan fingerprint density at radius 3 is 2.68 bits per heavy atom. The largest absolute Gasteiger partial charge is 0.300 e. The summed E-state index contributed by atoms with van der Waals surface area (Å²) in [5, 5.41) is 7.83. The van der Waals surface area contributed by atoms with Crippen molar-refractivity contribution in [2.75, 3.05) is 5.32 Å². The molecule has 1 aliphatic carbocycles. The number of rotatable bonds is 3. The number of aryl methyl sites for hydroxylation is 4. The highest BCUT2D eigenvalue weighted by molar-refractivity contribution is 7.15. The van der Waals surface area contributed by atoms with E-state index in [4.69, 9.17) is 0 Å². The lowest BCUT2D eigenvalue weighted by Crippen LogP contribution is -2.20. The zero-order chi connectivity index (χ0) is 15.5. The second-order valence-electron chi connectivity index (χ2n) is 5.72. The summed E-state index contributed by atoms with van der Waals surface area (Å²) in [4.78, 5) is 22.3. The van der Waals surface area contributed by atoms with Crippen molar-refractivity contribution in [2.45, 2.75) is 58.9 Å². The molecule has 0 bridgehead atoms. The first-order chi connectivity index (χ1) is 10.6.